The van der Waals surface area contributed by atoms with Crippen LogP contribution in [0.4, 0.5) is 0 Å². The molecule has 1 heteroatoms. The molecule has 0 aliphatic carbocycles. The number of hydrogen-bond donors (Lipinski definition) is 0. The second kappa shape index (κ2) is 5.23. The van der Waals surface area contributed by atoms with Crippen molar-refractivity contribution in [3.05, 3.63) is 19.1 Å². The van der Waals surface area contributed by atoms with Gasteiger partial charge in [0.1, 0.15) is 0 Å². The lowest BCUT2D eigenvalue weighted by atomic mass is 10.3. The van der Waals surface area contributed by atoms with E-state index in [-0.39, 0.29) is 0 Å². The van der Waals surface area contributed by atoms with E-state index in [4.69, 9.17) is 5.26 Å². The SMILES string of the molecule is [CH2]CC=CCC#N. The molecule has 0 bridgehead atoms. The van der Waals surface area contributed by atoms with Gasteiger partial charge in [-0.2, -0.15) is 5.26 Å². The molecule has 0 aromatic rings. The minimum Gasteiger partial charge on any atom is -0.198 e. The van der Waals surface area contributed by atoms with E-state index in [0.29, 0.717) is 6.42 Å². The fraction of sp³-hybridized carbons (Fsp3) is 0.333. The van der Waals surface area contributed by atoms with Gasteiger partial charge >= 0.3 is 0 Å². The fourth-order valence-electron chi connectivity index (χ4n) is 0.254. The third-order valence-electron chi connectivity index (χ3n) is 0.542. The molecule has 0 aromatic heterocycles. The van der Waals surface area contributed by atoms with Gasteiger partial charge in [0.2, 0.25) is 0 Å². The molecule has 7 heavy (non-hydrogen) atoms. The van der Waals surface area contributed by atoms with E-state index in [9.17, 15) is 0 Å². The maximum absolute atomic E-state index is 7.97. The Labute approximate surface area is 44.3 Å². The molecule has 0 saturated carbocycles. The summed E-state index contributed by atoms with van der Waals surface area (Å²) < 4.78 is 0. The summed E-state index contributed by atoms with van der Waals surface area (Å²) >= 11 is 0. The Bertz CT molecular complexity index is 86.8. The van der Waals surface area contributed by atoms with Gasteiger partial charge in [0.25, 0.3) is 0 Å². The second-order valence-corrected chi connectivity index (χ2v) is 1.12. The summed E-state index contributed by atoms with van der Waals surface area (Å²) in [4.78, 5) is 0. The van der Waals surface area contributed by atoms with Crippen molar-refractivity contribution in [3.63, 3.8) is 0 Å². The highest BCUT2D eigenvalue weighted by molar-refractivity contribution is 4.90. The standard InChI is InChI=1S/C6H8N/c1-2-3-4-5-6-7/h3-4H,1-2,5H2. The quantitative estimate of drug-likeness (QED) is 0.477. The highest BCUT2D eigenvalue weighted by atomic mass is 14.2. The van der Waals surface area contributed by atoms with E-state index in [1.54, 1.807) is 0 Å². The normalized spacial score (nSPS) is 9.14. The zero-order valence-electron chi connectivity index (χ0n) is 4.22. The van der Waals surface area contributed by atoms with Crippen molar-refractivity contribution >= 4 is 0 Å². The van der Waals surface area contributed by atoms with Gasteiger partial charge in [-0.1, -0.05) is 12.2 Å². The van der Waals surface area contributed by atoms with Crippen LogP contribution in [0, 0.1) is 18.3 Å². The fourth-order valence-corrected chi connectivity index (χ4v) is 0.254. The van der Waals surface area contributed by atoms with Gasteiger partial charge < -0.3 is 0 Å². The van der Waals surface area contributed by atoms with Gasteiger partial charge in [-0.25, -0.2) is 0 Å². The Kier molecular flexibility index (Phi) is 4.65. The van der Waals surface area contributed by atoms with Crippen molar-refractivity contribution in [3.8, 4) is 6.07 Å². The predicted octanol–water partition coefficient (Wildman–Crippen LogP) is 1.68. The first-order chi connectivity index (χ1) is 3.41. The molecule has 0 aliphatic rings. The second-order valence-electron chi connectivity index (χ2n) is 1.12. The molecule has 0 aromatic carbocycles. The van der Waals surface area contributed by atoms with Crippen LogP contribution in [0.1, 0.15) is 12.8 Å². The maximum atomic E-state index is 7.97. The maximum Gasteiger partial charge on any atom is 0.0663 e. The molecule has 37 valence electrons. The van der Waals surface area contributed by atoms with Crippen molar-refractivity contribution < 1.29 is 0 Å². The number of nitrogens with zero attached hydrogens (tertiary/aromatic N) is 1. The van der Waals surface area contributed by atoms with E-state index in [1.165, 1.54) is 0 Å². The van der Waals surface area contributed by atoms with Crippen LogP contribution >= 0.6 is 0 Å². The number of allylic oxidation sites excluding steroid dienone is 2. The molecule has 1 radical (unpaired) electrons. The van der Waals surface area contributed by atoms with Crippen molar-refractivity contribution in [1.29, 1.82) is 5.26 Å². The molecule has 1 nitrogen and oxygen atoms in total. The first kappa shape index (κ1) is 6.23. The Morgan fingerprint density at radius 3 is 2.71 bits per heavy atom. The molecular formula is C6H8N. The summed E-state index contributed by atoms with van der Waals surface area (Å²) in [6.07, 6.45) is 4.98. The first-order valence-electron chi connectivity index (χ1n) is 2.23. The molecule has 0 fully saturated rings. The van der Waals surface area contributed by atoms with Crippen molar-refractivity contribution in [2.24, 2.45) is 0 Å². The van der Waals surface area contributed by atoms with Gasteiger partial charge in [0, 0.05) is 0 Å². The third-order valence-corrected chi connectivity index (χ3v) is 0.542. The molecule has 0 aliphatic heterocycles. The van der Waals surface area contributed by atoms with Crippen LogP contribution in [0.25, 0.3) is 0 Å². The van der Waals surface area contributed by atoms with E-state index >= 15 is 0 Å². The first-order valence-corrected chi connectivity index (χ1v) is 2.23. The summed E-state index contributed by atoms with van der Waals surface area (Å²) in [6, 6.07) is 1.99. The Balaban J connectivity index is 2.97. The summed E-state index contributed by atoms with van der Waals surface area (Å²) in [5.74, 6) is 0. The number of hydrogen-bond acceptors (Lipinski definition) is 1. The number of rotatable bonds is 2. The largest absolute Gasteiger partial charge is 0.198 e. The van der Waals surface area contributed by atoms with Crippen LogP contribution in [0.5, 0.6) is 0 Å². The highest BCUT2D eigenvalue weighted by Crippen LogP contribution is 1.81. The smallest absolute Gasteiger partial charge is 0.0663 e. The van der Waals surface area contributed by atoms with E-state index in [2.05, 4.69) is 6.92 Å². The summed E-state index contributed by atoms with van der Waals surface area (Å²) in [6.45, 7) is 3.56. The zero-order chi connectivity index (χ0) is 5.54. The van der Waals surface area contributed by atoms with Gasteiger partial charge in [-0.05, 0) is 13.3 Å². The minimum atomic E-state index is 0.509. The zero-order valence-corrected chi connectivity index (χ0v) is 4.22. The van der Waals surface area contributed by atoms with Crippen LogP contribution in [0.2, 0.25) is 0 Å². The third kappa shape index (κ3) is 5.23. The molecule has 0 rings (SSSR count). The summed E-state index contributed by atoms with van der Waals surface area (Å²) in [5, 5.41) is 7.97. The molecule has 0 atom stereocenters. The summed E-state index contributed by atoms with van der Waals surface area (Å²) in [5.41, 5.74) is 0. The van der Waals surface area contributed by atoms with Crippen molar-refractivity contribution in [1.82, 2.24) is 0 Å². The van der Waals surface area contributed by atoms with Crippen LogP contribution in [-0.2, 0) is 0 Å². The van der Waals surface area contributed by atoms with E-state index < -0.39 is 0 Å². The Morgan fingerprint density at radius 2 is 2.29 bits per heavy atom. The lowest BCUT2D eigenvalue weighted by Gasteiger charge is -1.71. The van der Waals surface area contributed by atoms with Gasteiger partial charge in [0.05, 0.1) is 12.5 Å². The molecular weight excluding hydrogens is 86.1 g/mol. The van der Waals surface area contributed by atoms with Gasteiger partial charge in [-0.15, -0.1) is 0 Å². The molecule has 0 unspecified atom stereocenters. The van der Waals surface area contributed by atoms with Crippen LogP contribution in [0.15, 0.2) is 12.2 Å². The minimum absolute atomic E-state index is 0.509. The predicted molar refractivity (Wildman–Crippen MR) is 29.3 cm³/mol. The van der Waals surface area contributed by atoms with Crippen LogP contribution < -0.4 is 0 Å². The molecule has 0 heterocycles. The van der Waals surface area contributed by atoms with Crippen molar-refractivity contribution in [2.45, 2.75) is 12.8 Å². The molecule has 0 spiro atoms. The monoisotopic (exact) mass is 94.1 g/mol. The van der Waals surface area contributed by atoms with Gasteiger partial charge in [0.15, 0.2) is 0 Å². The van der Waals surface area contributed by atoms with Gasteiger partial charge in [-0.3, -0.25) is 0 Å². The van der Waals surface area contributed by atoms with Crippen LogP contribution in [-0.4, -0.2) is 0 Å². The topological polar surface area (TPSA) is 23.8 Å². The molecule has 0 saturated heterocycles. The Morgan fingerprint density at radius 1 is 1.57 bits per heavy atom. The average molecular weight is 94.1 g/mol. The lowest BCUT2D eigenvalue weighted by Crippen LogP contribution is -1.55. The average Bonchev–Trinajstić information content (AvgIpc) is 1.69. The Hall–Kier alpha value is -0.770. The van der Waals surface area contributed by atoms with E-state index in [0.717, 1.165) is 6.42 Å². The molecule has 0 amide bonds. The number of nitriles is 1. The highest BCUT2D eigenvalue weighted by Gasteiger charge is 1.66. The van der Waals surface area contributed by atoms with Crippen LogP contribution in [0.3, 0.4) is 0 Å². The van der Waals surface area contributed by atoms with Crippen molar-refractivity contribution in [2.75, 3.05) is 0 Å². The molecule has 0 N–H and O–H groups in total. The lowest BCUT2D eigenvalue weighted by molar-refractivity contribution is 1.30. The van der Waals surface area contributed by atoms with E-state index in [1.807, 2.05) is 18.2 Å². The summed E-state index contributed by atoms with van der Waals surface area (Å²) in [7, 11) is 0.